The predicted octanol–water partition coefficient (Wildman–Crippen LogP) is 4.05. The summed E-state index contributed by atoms with van der Waals surface area (Å²) < 4.78 is 0. The van der Waals surface area contributed by atoms with Gasteiger partial charge in [-0.15, -0.1) is 0 Å². The van der Waals surface area contributed by atoms with Crippen molar-refractivity contribution >= 4 is 11.5 Å². The summed E-state index contributed by atoms with van der Waals surface area (Å²) in [6.45, 7) is 1.62. The van der Waals surface area contributed by atoms with E-state index in [4.69, 9.17) is 0 Å². The molecule has 0 saturated heterocycles. The number of Topliss-reactive ketones (excluding diaryl/α,β-unsaturated/α-hetero) is 1. The Morgan fingerprint density at radius 1 is 1.06 bits per heavy atom. The summed E-state index contributed by atoms with van der Waals surface area (Å²) >= 11 is 0. The van der Waals surface area contributed by atoms with Crippen LogP contribution in [0.1, 0.15) is 55.8 Å². The van der Waals surface area contributed by atoms with Gasteiger partial charge >= 0.3 is 0 Å². The summed E-state index contributed by atoms with van der Waals surface area (Å²) in [4.78, 5) is 13.6. The van der Waals surface area contributed by atoms with Gasteiger partial charge in [0.05, 0.1) is 0 Å². The molecule has 0 aliphatic heterocycles. The highest BCUT2D eigenvalue weighted by Gasteiger charge is 2.17. The van der Waals surface area contributed by atoms with Crippen LogP contribution in [0.15, 0.2) is 24.3 Å². The SMILES string of the molecule is CC(=O)c1ccc(N(C)C2CCCCCC2)cc1. The molecule has 1 aromatic rings. The molecule has 0 amide bonds. The third-order valence-electron chi connectivity index (χ3n) is 4.05. The summed E-state index contributed by atoms with van der Waals surface area (Å²) in [7, 11) is 2.18. The third-order valence-corrected chi connectivity index (χ3v) is 4.05. The number of ketones is 1. The van der Waals surface area contributed by atoms with E-state index in [0.29, 0.717) is 6.04 Å². The number of carbonyl (C=O) groups is 1. The molecule has 18 heavy (non-hydrogen) atoms. The zero-order chi connectivity index (χ0) is 13.0. The first-order chi connectivity index (χ1) is 8.68. The van der Waals surface area contributed by atoms with Crippen LogP contribution < -0.4 is 4.90 Å². The lowest BCUT2D eigenvalue weighted by Crippen LogP contribution is -2.30. The van der Waals surface area contributed by atoms with Gasteiger partial charge in [0.2, 0.25) is 0 Å². The van der Waals surface area contributed by atoms with Crippen LogP contribution in [-0.2, 0) is 0 Å². The molecule has 0 N–H and O–H groups in total. The monoisotopic (exact) mass is 245 g/mol. The van der Waals surface area contributed by atoms with Gasteiger partial charge in [-0.25, -0.2) is 0 Å². The van der Waals surface area contributed by atoms with Crippen LogP contribution in [0.2, 0.25) is 0 Å². The van der Waals surface area contributed by atoms with Crippen molar-refractivity contribution in [3.05, 3.63) is 29.8 Å². The van der Waals surface area contributed by atoms with E-state index in [0.717, 1.165) is 5.56 Å². The Morgan fingerprint density at radius 3 is 2.11 bits per heavy atom. The Balaban J connectivity index is 2.07. The van der Waals surface area contributed by atoms with Crippen LogP contribution >= 0.6 is 0 Å². The van der Waals surface area contributed by atoms with Crippen molar-refractivity contribution < 1.29 is 4.79 Å². The number of rotatable bonds is 3. The highest BCUT2D eigenvalue weighted by molar-refractivity contribution is 5.94. The minimum Gasteiger partial charge on any atom is -0.372 e. The van der Waals surface area contributed by atoms with E-state index < -0.39 is 0 Å². The van der Waals surface area contributed by atoms with E-state index >= 15 is 0 Å². The van der Waals surface area contributed by atoms with Gasteiger partial charge in [-0.1, -0.05) is 25.7 Å². The molecule has 0 spiro atoms. The topological polar surface area (TPSA) is 20.3 Å². The number of nitrogens with zero attached hydrogens (tertiary/aromatic N) is 1. The smallest absolute Gasteiger partial charge is 0.159 e. The maximum atomic E-state index is 11.3. The van der Waals surface area contributed by atoms with Gasteiger partial charge in [0, 0.05) is 24.3 Å². The van der Waals surface area contributed by atoms with E-state index in [1.165, 1.54) is 44.2 Å². The second-order valence-corrected chi connectivity index (χ2v) is 5.36. The summed E-state index contributed by atoms with van der Waals surface area (Å²) in [6.07, 6.45) is 8.05. The number of hydrogen-bond acceptors (Lipinski definition) is 2. The first-order valence-electron chi connectivity index (χ1n) is 7.02. The van der Waals surface area contributed by atoms with Crippen molar-refractivity contribution in [2.24, 2.45) is 0 Å². The molecule has 1 saturated carbocycles. The predicted molar refractivity (Wildman–Crippen MR) is 76.3 cm³/mol. The molecule has 0 aromatic heterocycles. The van der Waals surface area contributed by atoms with Crippen LogP contribution in [0.5, 0.6) is 0 Å². The largest absolute Gasteiger partial charge is 0.372 e. The van der Waals surface area contributed by atoms with Gasteiger partial charge in [-0.05, 0) is 44.0 Å². The maximum Gasteiger partial charge on any atom is 0.159 e. The first kappa shape index (κ1) is 13.1. The van der Waals surface area contributed by atoms with Crippen molar-refractivity contribution in [1.82, 2.24) is 0 Å². The van der Waals surface area contributed by atoms with Crippen molar-refractivity contribution in [1.29, 1.82) is 0 Å². The van der Waals surface area contributed by atoms with Crippen LogP contribution in [0.25, 0.3) is 0 Å². The van der Waals surface area contributed by atoms with E-state index in [-0.39, 0.29) is 5.78 Å². The molecule has 0 radical (unpaired) electrons. The highest BCUT2D eigenvalue weighted by Crippen LogP contribution is 2.25. The van der Waals surface area contributed by atoms with Crippen LogP contribution in [0.4, 0.5) is 5.69 Å². The van der Waals surface area contributed by atoms with E-state index in [2.05, 4.69) is 24.1 Å². The first-order valence-corrected chi connectivity index (χ1v) is 7.02. The Labute approximate surface area is 110 Å². The summed E-state index contributed by atoms with van der Waals surface area (Å²) in [5.74, 6) is 0.138. The zero-order valence-corrected chi connectivity index (χ0v) is 11.5. The zero-order valence-electron chi connectivity index (χ0n) is 11.5. The quantitative estimate of drug-likeness (QED) is 0.591. The molecule has 2 rings (SSSR count). The van der Waals surface area contributed by atoms with Crippen molar-refractivity contribution in [2.75, 3.05) is 11.9 Å². The van der Waals surface area contributed by atoms with Crippen molar-refractivity contribution in [3.8, 4) is 0 Å². The molecule has 1 aromatic carbocycles. The Bertz CT molecular complexity index is 388. The minimum atomic E-state index is 0.138. The molecular weight excluding hydrogens is 222 g/mol. The lowest BCUT2D eigenvalue weighted by atomic mass is 10.1. The Morgan fingerprint density at radius 2 is 1.61 bits per heavy atom. The molecule has 98 valence electrons. The van der Waals surface area contributed by atoms with Crippen LogP contribution in [0.3, 0.4) is 0 Å². The van der Waals surface area contributed by atoms with Gasteiger partial charge in [-0.2, -0.15) is 0 Å². The Hall–Kier alpha value is -1.31. The average molecular weight is 245 g/mol. The molecule has 1 aliphatic rings. The number of benzene rings is 1. The van der Waals surface area contributed by atoms with E-state index in [1.807, 2.05) is 12.1 Å². The van der Waals surface area contributed by atoms with Gasteiger partial charge in [0.15, 0.2) is 5.78 Å². The molecule has 2 nitrogen and oxygen atoms in total. The second kappa shape index (κ2) is 6.03. The van der Waals surface area contributed by atoms with Crippen LogP contribution in [-0.4, -0.2) is 18.9 Å². The molecular formula is C16H23NO. The molecule has 1 aliphatic carbocycles. The normalized spacial score (nSPS) is 17.2. The van der Waals surface area contributed by atoms with Gasteiger partial charge in [0.1, 0.15) is 0 Å². The van der Waals surface area contributed by atoms with Gasteiger partial charge in [0.25, 0.3) is 0 Å². The minimum absolute atomic E-state index is 0.138. The third kappa shape index (κ3) is 3.12. The lowest BCUT2D eigenvalue weighted by Gasteiger charge is -2.29. The summed E-state index contributed by atoms with van der Waals surface area (Å²) in [5.41, 5.74) is 2.03. The second-order valence-electron chi connectivity index (χ2n) is 5.36. The van der Waals surface area contributed by atoms with Crippen LogP contribution in [0, 0.1) is 0 Å². The Kier molecular flexibility index (Phi) is 4.40. The van der Waals surface area contributed by atoms with Gasteiger partial charge in [-0.3, -0.25) is 4.79 Å². The summed E-state index contributed by atoms with van der Waals surface area (Å²) in [6, 6.07) is 8.68. The molecule has 0 atom stereocenters. The molecule has 0 unspecified atom stereocenters. The molecule has 0 bridgehead atoms. The molecule has 0 heterocycles. The fraction of sp³-hybridized carbons (Fsp3) is 0.562. The maximum absolute atomic E-state index is 11.3. The molecule has 1 fully saturated rings. The average Bonchev–Trinajstić information content (AvgIpc) is 2.67. The fourth-order valence-electron chi connectivity index (χ4n) is 2.79. The van der Waals surface area contributed by atoms with Gasteiger partial charge < -0.3 is 4.90 Å². The lowest BCUT2D eigenvalue weighted by molar-refractivity contribution is 0.101. The summed E-state index contributed by atoms with van der Waals surface area (Å²) in [5, 5.41) is 0. The number of carbonyl (C=O) groups excluding carboxylic acids is 1. The highest BCUT2D eigenvalue weighted by atomic mass is 16.1. The fourth-order valence-corrected chi connectivity index (χ4v) is 2.79. The van der Waals surface area contributed by atoms with Crippen molar-refractivity contribution in [2.45, 2.75) is 51.5 Å². The number of anilines is 1. The molecule has 2 heteroatoms. The standard InChI is InChI=1S/C16H23NO/c1-13(18)14-9-11-16(12-10-14)17(2)15-7-5-3-4-6-8-15/h9-12,15H,3-8H2,1-2H3. The van der Waals surface area contributed by atoms with E-state index in [9.17, 15) is 4.79 Å². The van der Waals surface area contributed by atoms with Crippen molar-refractivity contribution in [3.63, 3.8) is 0 Å². The number of hydrogen-bond donors (Lipinski definition) is 0. The van der Waals surface area contributed by atoms with E-state index in [1.54, 1.807) is 6.92 Å².